The number of furan rings is 1. The van der Waals surface area contributed by atoms with Gasteiger partial charge in [0.1, 0.15) is 23.0 Å². The second-order valence-electron chi connectivity index (χ2n) is 6.27. The van der Waals surface area contributed by atoms with E-state index in [4.69, 9.17) is 25.5 Å². The molecule has 1 aliphatic rings. The summed E-state index contributed by atoms with van der Waals surface area (Å²) in [5.41, 5.74) is 1.17. The summed E-state index contributed by atoms with van der Waals surface area (Å²) in [7, 11) is 2.99. The van der Waals surface area contributed by atoms with Gasteiger partial charge in [-0.25, -0.2) is 4.90 Å². The van der Waals surface area contributed by atoms with Gasteiger partial charge in [0.25, 0.3) is 11.1 Å². The van der Waals surface area contributed by atoms with Crippen molar-refractivity contribution in [3.8, 4) is 22.8 Å². The van der Waals surface area contributed by atoms with E-state index in [0.29, 0.717) is 33.7 Å². The molecule has 30 heavy (non-hydrogen) atoms. The van der Waals surface area contributed by atoms with Crippen LogP contribution in [0.4, 0.5) is 10.5 Å². The van der Waals surface area contributed by atoms with Gasteiger partial charge >= 0.3 is 0 Å². The van der Waals surface area contributed by atoms with Gasteiger partial charge in [0, 0.05) is 22.7 Å². The van der Waals surface area contributed by atoms with Crippen LogP contribution in [-0.4, -0.2) is 25.4 Å². The number of carbonyl (C=O) groups excluding carboxylic acids is 2. The first-order chi connectivity index (χ1) is 14.5. The first kappa shape index (κ1) is 20.1. The Kier molecular flexibility index (Phi) is 5.57. The molecule has 0 atom stereocenters. The molecule has 2 amide bonds. The van der Waals surface area contributed by atoms with Gasteiger partial charge in [-0.1, -0.05) is 23.7 Å². The average Bonchev–Trinajstić information content (AvgIpc) is 3.32. The molecule has 6 nitrogen and oxygen atoms in total. The van der Waals surface area contributed by atoms with Crippen LogP contribution in [0.5, 0.6) is 11.5 Å². The van der Waals surface area contributed by atoms with Crippen molar-refractivity contribution in [3.63, 3.8) is 0 Å². The molecule has 1 aromatic heterocycles. The average molecular weight is 442 g/mol. The Morgan fingerprint density at radius 1 is 1.03 bits per heavy atom. The predicted octanol–water partition coefficient (Wildman–Crippen LogP) is 5.86. The molecule has 1 fully saturated rings. The third-order valence-corrected chi connectivity index (χ3v) is 5.54. The van der Waals surface area contributed by atoms with Gasteiger partial charge in [-0.05, 0) is 48.2 Å². The monoisotopic (exact) mass is 441 g/mol. The van der Waals surface area contributed by atoms with Gasteiger partial charge < -0.3 is 13.9 Å². The predicted molar refractivity (Wildman–Crippen MR) is 117 cm³/mol. The van der Waals surface area contributed by atoms with Crippen molar-refractivity contribution in [2.24, 2.45) is 0 Å². The molecule has 0 saturated carbocycles. The highest BCUT2D eigenvalue weighted by atomic mass is 35.5. The number of carbonyl (C=O) groups is 2. The van der Waals surface area contributed by atoms with Crippen molar-refractivity contribution in [1.82, 2.24) is 0 Å². The maximum absolute atomic E-state index is 12.9. The zero-order valence-electron chi connectivity index (χ0n) is 16.0. The zero-order chi connectivity index (χ0) is 21.3. The quantitative estimate of drug-likeness (QED) is 0.462. The Bertz CT molecular complexity index is 1170. The molecule has 0 radical (unpaired) electrons. The van der Waals surface area contributed by atoms with Gasteiger partial charge in [0.15, 0.2) is 0 Å². The van der Waals surface area contributed by atoms with Crippen molar-refractivity contribution in [3.05, 3.63) is 70.3 Å². The number of benzene rings is 2. The van der Waals surface area contributed by atoms with Crippen molar-refractivity contribution in [2.75, 3.05) is 19.1 Å². The van der Waals surface area contributed by atoms with Gasteiger partial charge in [0.05, 0.1) is 24.8 Å². The molecular formula is C22H16ClNO5S. The lowest BCUT2D eigenvalue weighted by Gasteiger charge is -2.16. The van der Waals surface area contributed by atoms with Crippen LogP contribution in [0.2, 0.25) is 5.02 Å². The minimum absolute atomic E-state index is 0.255. The molecule has 4 rings (SSSR count). The first-order valence-electron chi connectivity index (χ1n) is 8.86. The Morgan fingerprint density at radius 3 is 2.60 bits per heavy atom. The van der Waals surface area contributed by atoms with E-state index in [1.54, 1.807) is 48.5 Å². The van der Waals surface area contributed by atoms with Crippen LogP contribution in [0.3, 0.4) is 0 Å². The summed E-state index contributed by atoms with van der Waals surface area (Å²) >= 11 is 6.87. The van der Waals surface area contributed by atoms with Crippen LogP contribution in [0, 0.1) is 0 Å². The summed E-state index contributed by atoms with van der Waals surface area (Å²) in [6.45, 7) is 0. The van der Waals surface area contributed by atoms with E-state index in [-0.39, 0.29) is 4.91 Å². The number of rotatable bonds is 5. The third-order valence-electron chi connectivity index (χ3n) is 4.43. The second kappa shape index (κ2) is 8.30. The highest BCUT2D eigenvalue weighted by molar-refractivity contribution is 8.19. The number of hydrogen-bond acceptors (Lipinski definition) is 6. The fourth-order valence-corrected chi connectivity index (χ4v) is 4.01. The molecular weight excluding hydrogens is 426 g/mol. The van der Waals surface area contributed by atoms with Crippen LogP contribution >= 0.6 is 23.4 Å². The number of methoxy groups -OCH3 is 2. The Labute approximate surface area is 182 Å². The topological polar surface area (TPSA) is 69.0 Å². The van der Waals surface area contributed by atoms with E-state index in [1.165, 1.54) is 14.2 Å². The van der Waals surface area contributed by atoms with E-state index in [9.17, 15) is 9.59 Å². The lowest BCUT2D eigenvalue weighted by molar-refractivity contribution is -0.113. The molecule has 0 spiro atoms. The Balaban J connectivity index is 1.63. The molecule has 152 valence electrons. The lowest BCUT2D eigenvalue weighted by atomic mass is 10.2. The van der Waals surface area contributed by atoms with Gasteiger partial charge in [-0.2, -0.15) is 0 Å². The number of thioether (sulfide) groups is 1. The van der Waals surface area contributed by atoms with E-state index < -0.39 is 11.1 Å². The Hall–Kier alpha value is -3.16. The number of nitrogens with zero attached hydrogens (tertiary/aromatic N) is 1. The normalized spacial score (nSPS) is 15.2. The minimum Gasteiger partial charge on any atom is -0.497 e. The van der Waals surface area contributed by atoms with Crippen LogP contribution in [0.25, 0.3) is 17.4 Å². The first-order valence-corrected chi connectivity index (χ1v) is 10.1. The highest BCUT2D eigenvalue weighted by Crippen LogP contribution is 2.41. The molecule has 0 unspecified atom stereocenters. The van der Waals surface area contributed by atoms with E-state index in [1.807, 2.05) is 12.1 Å². The van der Waals surface area contributed by atoms with Crippen LogP contribution in [-0.2, 0) is 4.79 Å². The largest absolute Gasteiger partial charge is 0.497 e. The number of ether oxygens (including phenoxy) is 2. The van der Waals surface area contributed by atoms with Gasteiger partial charge in [0.2, 0.25) is 0 Å². The summed E-state index contributed by atoms with van der Waals surface area (Å²) < 4.78 is 16.3. The van der Waals surface area contributed by atoms with Crippen LogP contribution in [0.15, 0.2) is 63.9 Å². The summed E-state index contributed by atoms with van der Waals surface area (Å²) in [6.07, 6.45) is 1.55. The molecule has 2 heterocycles. The Morgan fingerprint density at radius 2 is 1.87 bits per heavy atom. The molecule has 3 aromatic rings. The summed E-state index contributed by atoms with van der Waals surface area (Å²) in [6, 6.07) is 15.7. The molecule has 2 aromatic carbocycles. The van der Waals surface area contributed by atoms with Crippen molar-refractivity contribution < 1.29 is 23.5 Å². The second-order valence-corrected chi connectivity index (χ2v) is 7.70. The molecule has 0 aliphatic carbocycles. The van der Waals surface area contributed by atoms with Gasteiger partial charge in [-0.3, -0.25) is 9.59 Å². The van der Waals surface area contributed by atoms with Crippen molar-refractivity contribution >= 4 is 46.3 Å². The summed E-state index contributed by atoms with van der Waals surface area (Å²) in [4.78, 5) is 26.8. The number of hydrogen-bond donors (Lipinski definition) is 0. The molecule has 8 heteroatoms. The third kappa shape index (κ3) is 3.81. The molecule has 1 aliphatic heterocycles. The minimum atomic E-state index is -0.450. The maximum atomic E-state index is 12.9. The molecule has 0 bridgehead atoms. The van der Waals surface area contributed by atoms with Crippen molar-refractivity contribution in [2.45, 2.75) is 0 Å². The maximum Gasteiger partial charge on any atom is 0.298 e. The van der Waals surface area contributed by atoms with E-state index >= 15 is 0 Å². The van der Waals surface area contributed by atoms with Crippen molar-refractivity contribution in [1.29, 1.82) is 0 Å². The highest BCUT2D eigenvalue weighted by Gasteiger charge is 2.38. The van der Waals surface area contributed by atoms with Gasteiger partial charge in [-0.15, -0.1) is 0 Å². The molecule has 1 saturated heterocycles. The lowest BCUT2D eigenvalue weighted by Crippen LogP contribution is -2.28. The zero-order valence-corrected chi connectivity index (χ0v) is 17.6. The van der Waals surface area contributed by atoms with Crippen LogP contribution < -0.4 is 14.4 Å². The number of amides is 2. The number of halogens is 1. The van der Waals surface area contributed by atoms with E-state index in [2.05, 4.69) is 0 Å². The van der Waals surface area contributed by atoms with E-state index in [0.717, 1.165) is 22.2 Å². The number of anilines is 1. The SMILES string of the molecule is COc1ccc(N2C(=O)S/C(=C/c3ccc(-c4cccc(Cl)c4)o3)C2=O)c(OC)c1. The fourth-order valence-electron chi connectivity index (χ4n) is 3.00. The standard InChI is InChI=1S/C22H16ClNO5S/c1-27-15-6-8-17(19(11-15)28-2)24-21(25)20(30-22(24)26)12-16-7-9-18(29-16)13-4-3-5-14(23)10-13/h3-12H,1-2H3/b20-12+. The molecule has 0 N–H and O–H groups in total. The smallest absolute Gasteiger partial charge is 0.298 e. The number of imide groups is 1. The summed E-state index contributed by atoms with van der Waals surface area (Å²) in [5.74, 6) is 1.53. The summed E-state index contributed by atoms with van der Waals surface area (Å²) in [5, 5.41) is 0.177. The van der Waals surface area contributed by atoms with Crippen LogP contribution in [0.1, 0.15) is 5.76 Å². The fraction of sp³-hybridized carbons (Fsp3) is 0.0909.